The summed E-state index contributed by atoms with van der Waals surface area (Å²) < 4.78 is 4.99. The highest BCUT2D eigenvalue weighted by atomic mass is 16.5. The van der Waals surface area contributed by atoms with Crippen molar-refractivity contribution >= 4 is 5.97 Å². The van der Waals surface area contributed by atoms with Crippen LogP contribution in [-0.4, -0.2) is 36.0 Å². The zero-order chi connectivity index (χ0) is 8.69. The Morgan fingerprint density at radius 2 is 2.27 bits per heavy atom. The molecule has 2 N–H and O–H groups in total. The molecule has 1 aliphatic rings. The largest absolute Gasteiger partial charge is 0.481 e. The van der Waals surface area contributed by atoms with Crippen molar-refractivity contribution in [2.24, 2.45) is 5.92 Å². The van der Waals surface area contributed by atoms with Crippen molar-refractivity contribution in [1.82, 2.24) is 0 Å². The van der Waals surface area contributed by atoms with E-state index in [1.807, 2.05) is 0 Å². The van der Waals surface area contributed by atoms with Gasteiger partial charge < -0.3 is 14.9 Å². The molecule has 0 aromatic carbocycles. The SMILES string of the molecule is CC(=O)O.OCC1CCOC1. The van der Waals surface area contributed by atoms with Gasteiger partial charge in [0.2, 0.25) is 0 Å². The van der Waals surface area contributed by atoms with Crippen LogP contribution in [0.4, 0.5) is 0 Å². The summed E-state index contributed by atoms with van der Waals surface area (Å²) >= 11 is 0. The van der Waals surface area contributed by atoms with Gasteiger partial charge in [-0.2, -0.15) is 0 Å². The fourth-order valence-corrected chi connectivity index (χ4v) is 0.727. The third kappa shape index (κ3) is 7.29. The number of aliphatic carboxylic acids is 1. The van der Waals surface area contributed by atoms with Crippen LogP contribution in [0.2, 0.25) is 0 Å². The van der Waals surface area contributed by atoms with E-state index in [9.17, 15) is 0 Å². The lowest BCUT2D eigenvalue weighted by molar-refractivity contribution is -0.134. The van der Waals surface area contributed by atoms with Crippen LogP contribution >= 0.6 is 0 Å². The van der Waals surface area contributed by atoms with E-state index in [1.165, 1.54) is 0 Å². The summed E-state index contributed by atoms with van der Waals surface area (Å²) in [6, 6.07) is 0. The summed E-state index contributed by atoms with van der Waals surface area (Å²) in [5.74, 6) is -0.403. The highest BCUT2D eigenvalue weighted by molar-refractivity contribution is 5.62. The van der Waals surface area contributed by atoms with Crippen LogP contribution in [0.3, 0.4) is 0 Å². The minimum Gasteiger partial charge on any atom is -0.481 e. The Hall–Kier alpha value is -0.610. The van der Waals surface area contributed by atoms with Crippen LogP contribution in [0.5, 0.6) is 0 Å². The molecule has 0 radical (unpaired) electrons. The number of hydrogen-bond acceptors (Lipinski definition) is 3. The molecule has 0 aromatic rings. The molecular formula is C7H14O4. The average molecular weight is 162 g/mol. The number of ether oxygens (including phenoxy) is 1. The first kappa shape index (κ1) is 10.4. The first-order chi connectivity index (χ1) is 5.16. The number of hydrogen-bond donors (Lipinski definition) is 2. The van der Waals surface area contributed by atoms with Crippen molar-refractivity contribution in [3.05, 3.63) is 0 Å². The van der Waals surface area contributed by atoms with Crippen molar-refractivity contribution in [3.8, 4) is 0 Å². The molecule has 1 atom stereocenters. The Labute approximate surface area is 65.8 Å². The third-order valence-electron chi connectivity index (χ3n) is 1.28. The van der Waals surface area contributed by atoms with Crippen molar-refractivity contribution in [2.45, 2.75) is 13.3 Å². The van der Waals surface area contributed by atoms with Crippen molar-refractivity contribution in [3.63, 3.8) is 0 Å². The van der Waals surface area contributed by atoms with Gasteiger partial charge in [0.15, 0.2) is 0 Å². The van der Waals surface area contributed by atoms with Gasteiger partial charge in [0.25, 0.3) is 5.97 Å². The zero-order valence-electron chi connectivity index (χ0n) is 6.62. The van der Waals surface area contributed by atoms with E-state index in [-0.39, 0.29) is 0 Å². The monoisotopic (exact) mass is 162 g/mol. The summed E-state index contributed by atoms with van der Waals surface area (Å²) in [6.45, 7) is 2.97. The maximum atomic E-state index is 9.00. The quantitative estimate of drug-likeness (QED) is 0.574. The van der Waals surface area contributed by atoms with Crippen molar-refractivity contribution in [2.75, 3.05) is 19.8 Å². The lowest BCUT2D eigenvalue weighted by Gasteiger charge is -1.96. The topological polar surface area (TPSA) is 66.8 Å². The average Bonchev–Trinajstić information content (AvgIpc) is 2.36. The Kier molecular flexibility index (Phi) is 5.78. The first-order valence-corrected chi connectivity index (χ1v) is 3.55. The molecule has 11 heavy (non-hydrogen) atoms. The molecule has 1 aliphatic heterocycles. The maximum Gasteiger partial charge on any atom is 0.300 e. The molecule has 1 heterocycles. The second-order valence-corrected chi connectivity index (χ2v) is 2.43. The lowest BCUT2D eigenvalue weighted by Crippen LogP contribution is -2.03. The highest BCUT2D eigenvalue weighted by Crippen LogP contribution is 2.09. The van der Waals surface area contributed by atoms with Gasteiger partial charge in [-0.05, 0) is 6.42 Å². The molecule has 1 saturated heterocycles. The number of rotatable bonds is 1. The van der Waals surface area contributed by atoms with E-state index in [2.05, 4.69) is 0 Å². The Balaban J connectivity index is 0.000000218. The van der Waals surface area contributed by atoms with Gasteiger partial charge >= 0.3 is 0 Å². The van der Waals surface area contributed by atoms with Crippen LogP contribution in [0, 0.1) is 5.92 Å². The third-order valence-corrected chi connectivity index (χ3v) is 1.28. The van der Waals surface area contributed by atoms with Gasteiger partial charge in [-0.15, -0.1) is 0 Å². The molecule has 4 nitrogen and oxygen atoms in total. The molecule has 4 heteroatoms. The molecule has 1 rings (SSSR count). The molecule has 0 aliphatic carbocycles. The zero-order valence-corrected chi connectivity index (χ0v) is 6.62. The molecule has 0 bridgehead atoms. The Morgan fingerprint density at radius 3 is 2.45 bits per heavy atom. The fraction of sp³-hybridized carbons (Fsp3) is 0.857. The Morgan fingerprint density at radius 1 is 1.73 bits per heavy atom. The van der Waals surface area contributed by atoms with Crippen LogP contribution in [0.15, 0.2) is 0 Å². The highest BCUT2D eigenvalue weighted by Gasteiger charge is 2.12. The number of carboxylic acids is 1. The second kappa shape index (κ2) is 6.12. The minimum absolute atomic E-state index is 0.292. The normalized spacial score (nSPS) is 22.2. The number of carboxylic acid groups (broad SMARTS) is 1. The van der Waals surface area contributed by atoms with Crippen LogP contribution in [0.1, 0.15) is 13.3 Å². The predicted molar refractivity (Wildman–Crippen MR) is 39.3 cm³/mol. The van der Waals surface area contributed by atoms with Gasteiger partial charge in [0.05, 0.1) is 6.61 Å². The first-order valence-electron chi connectivity index (χ1n) is 3.55. The van der Waals surface area contributed by atoms with Gasteiger partial charge in [-0.1, -0.05) is 0 Å². The van der Waals surface area contributed by atoms with Crippen molar-refractivity contribution < 1.29 is 19.7 Å². The molecule has 0 spiro atoms. The molecule has 1 fully saturated rings. The number of carbonyl (C=O) groups is 1. The molecule has 66 valence electrons. The summed E-state index contributed by atoms with van der Waals surface area (Å²) in [5.41, 5.74) is 0. The predicted octanol–water partition coefficient (Wildman–Crippen LogP) is 0.106. The molecule has 0 saturated carbocycles. The molecule has 1 unspecified atom stereocenters. The summed E-state index contributed by atoms with van der Waals surface area (Å²) in [6.07, 6.45) is 1.04. The fourth-order valence-electron chi connectivity index (χ4n) is 0.727. The van der Waals surface area contributed by atoms with Crippen LogP contribution in [0.25, 0.3) is 0 Å². The smallest absolute Gasteiger partial charge is 0.300 e. The van der Waals surface area contributed by atoms with E-state index in [4.69, 9.17) is 19.7 Å². The van der Waals surface area contributed by atoms with Gasteiger partial charge in [0, 0.05) is 26.1 Å². The van der Waals surface area contributed by atoms with Gasteiger partial charge in [0.1, 0.15) is 0 Å². The van der Waals surface area contributed by atoms with E-state index < -0.39 is 5.97 Å². The van der Waals surface area contributed by atoms with E-state index in [1.54, 1.807) is 0 Å². The van der Waals surface area contributed by atoms with Crippen LogP contribution in [-0.2, 0) is 9.53 Å². The van der Waals surface area contributed by atoms with Gasteiger partial charge in [-0.25, -0.2) is 0 Å². The maximum absolute atomic E-state index is 9.00. The van der Waals surface area contributed by atoms with Crippen LogP contribution < -0.4 is 0 Å². The van der Waals surface area contributed by atoms with E-state index in [0.29, 0.717) is 12.5 Å². The standard InChI is InChI=1S/C5H10O2.C2H4O2/c6-3-5-1-2-7-4-5;1-2(3)4/h5-6H,1-4H2;1H3,(H,3,4). The van der Waals surface area contributed by atoms with Crippen molar-refractivity contribution in [1.29, 1.82) is 0 Å². The van der Waals surface area contributed by atoms with E-state index >= 15 is 0 Å². The summed E-state index contributed by atoms with van der Waals surface area (Å²) in [7, 11) is 0. The number of aliphatic hydroxyl groups is 1. The van der Waals surface area contributed by atoms with Gasteiger partial charge in [-0.3, -0.25) is 4.79 Å². The molecule has 0 aromatic heterocycles. The van der Waals surface area contributed by atoms with E-state index in [0.717, 1.165) is 26.6 Å². The molecule has 0 amide bonds. The summed E-state index contributed by atoms with van der Waals surface area (Å²) in [4.78, 5) is 9.00. The second-order valence-electron chi connectivity index (χ2n) is 2.43. The minimum atomic E-state index is -0.833. The molecular weight excluding hydrogens is 148 g/mol. The summed E-state index contributed by atoms with van der Waals surface area (Å²) in [5, 5.41) is 15.9. The Bertz CT molecular complexity index is 103. The number of aliphatic hydroxyl groups excluding tert-OH is 1. The lowest BCUT2D eigenvalue weighted by atomic mass is 10.1.